The summed E-state index contributed by atoms with van der Waals surface area (Å²) < 4.78 is 27.8. The van der Waals surface area contributed by atoms with Crippen LogP contribution in [-0.2, 0) is 16.6 Å². The minimum atomic E-state index is -3.20. The van der Waals surface area contributed by atoms with Crippen molar-refractivity contribution in [2.75, 3.05) is 18.8 Å². The van der Waals surface area contributed by atoms with Gasteiger partial charge in [-0.15, -0.1) is 0 Å². The summed E-state index contributed by atoms with van der Waals surface area (Å²) in [4.78, 5) is 3.91. The number of imidazole rings is 1. The smallest absolute Gasteiger partial charge is 0.213 e. The van der Waals surface area contributed by atoms with Crippen molar-refractivity contribution in [2.24, 2.45) is 0 Å². The van der Waals surface area contributed by atoms with E-state index in [0.717, 1.165) is 6.54 Å². The van der Waals surface area contributed by atoms with Crippen molar-refractivity contribution in [1.29, 1.82) is 0 Å². The van der Waals surface area contributed by atoms with Gasteiger partial charge in [0.2, 0.25) is 10.0 Å². The van der Waals surface area contributed by atoms with Crippen LogP contribution in [0.1, 0.15) is 13.8 Å². The highest BCUT2D eigenvalue weighted by atomic mass is 32.2. The number of hydrogen-bond acceptors (Lipinski definition) is 4. The lowest BCUT2D eigenvalue weighted by Gasteiger charge is -2.14. The number of hydrogen-bond donors (Lipinski definition) is 2. The SMILES string of the molecule is CCNCCS(=O)(=O)NC(C)Cn1ccnc1. The summed E-state index contributed by atoms with van der Waals surface area (Å²) in [5.74, 6) is 0.106. The van der Waals surface area contributed by atoms with Gasteiger partial charge in [-0.1, -0.05) is 6.92 Å². The Balaban J connectivity index is 2.36. The van der Waals surface area contributed by atoms with Gasteiger partial charge in [0.25, 0.3) is 0 Å². The number of rotatable bonds is 8. The Morgan fingerprint density at radius 3 is 2.82 bits per heavy atom. The molecular formula is C10H20N4O2S. The van der Waals surface area contributed by atoms with Gasteiger partial charge in [0, 0.05) is 31.5 Å². The third kappa shape index (κ3) is 5.81. The Morgan fingerprint density at radius 2 is 2.24 bits per heavy atom. The average Bonchev–Trinajstić information content (AvgIpc) is 2.69. The standard InChI is InChI=1S/C10H20N4O2S/c1-3-11-5-7-17(15,16)13-10(2)8-14-6-4-12-9-14/h4,6,9-11,13H,3,5,7-8H2,1-2H3. The minimum absolute atomic E-state index is 0.106. The van der Waals surface area contributed by atoms with Gasteiger partial charge in [-0.25, -0.2) is 18.1 Å². The van der Waals surface area contributed by atoms with Crippen molar-refractivity contribution >= 4 is 10.0 Å². The fourth-order valence-electron chi connectivity index (χ4n) is 1.50. The monoisotopic (exact) mass is 260 g/mol. The number of aromatic nitrogens is 2. The molecule has 6 nitrogen and oxygen atoms in total. The highest BCUT2D eigenvalue weighted by Gasteiger charge is 2.13. The summed E-state index contributed by atoms with van der Waals surface area (Å²) >= 11 is 0. The molecule has 0 aromatic carbocycles. The van der Waals surface area contributed by atoms with E-state index in [0.29, 0.717) is 13.1 Å². The zero-order valence-corrected chi connectivity index (χ0v) is 11.1. The van der Waals surface area contributed by atoms with Gasteiger partial charge in [-0.3, -0.25) is 0 Å². The molecule has 0 aliphatic heterocycles. The third-order valence-corrected chi connectivity index (χ3v) is 3.73. The molecule has 0 radical (unpaired) electrons. The molecule has 0 saturated carbocycles. The molecule has 0 saturated heterocycles. The zero-order valence-electron chi connectivity index (χ0n) is 10.3. The maximum Gasteiger partial charge on any atom is 0.213 e. The molecule has 98 valence electrons. The molecule has 0 bridgehead atoms. The van der Waals surface area contributed by atoms with Crippen LogP contribution < -0.4 is 10.0 Å². The first-order valence-electron chi connectivity index (χ1n) is 5.70. The fraction of sp³-hybridized carbons (Fsp3) is 0.700. The lowest BCUT2D eigenvalue weighted by atomic mass is 10.4. The predicted octanol–water partition coefficient (Wildman–Crippen LogP) is -0.199. The highest BCUT2D eigenvalue weighted by molar-refractivity contribution is 7.89. The number of nitrogens with one attached hydrogen (secondary N) is 2. The van der Waals surface area contributed by atoms with E-state index in [1.54, 1.807) is 12.5 Å². The molecule has 1 unspecified atom stereocenters. The van der Waals surface area contributed by atoms with Crippen LogP contribution in [0.25, 0.3) is 0 Å². The lowest BCUT2D eigenvalue weighted by molar-refractivity contribution is 0.519. The first-order chi connectivity index (χ1) is 8.03. The maximum absolute atomic E-state index is 11.7. The van der Waals surface area contributed by atoms with E-state index in [1.165, 1.54) is 0 Å². The van der Waals surface area contributed by atoms with Crippen LogP contribution in [0.2, 0.25) is 0 Å². The topological polar surface area (TPSA) is 76.0 Å². The first-order valence-corrected chi connectivity index (χ1v) is 7.35. The lowest BCUT2D eigenvalue weighted by Crippen LogP contribution is -2.39. The average molecular weight is 260 g/mol. The molecule has 0 fully saturated rings. The number of nitrogens with zero attached hydrogens (tertiary/aromatic N) is 2. The zero-order chi connectivity index (χ0) is 12.7. The summed E-state index contributed by atoms with van der Waals surface area (Å²) in [6.07, 6.45) is 5.15. The highest BCUT2D eigenvalue weighted by Crippen LogP contribution is 1.94. The van der Waals surface area contributed by atoms with Gasteiger partial charge in [0.1, 0.15) is 0 Å². The minimum Gasteiger partial charge on any atom is -0.336 e. The molecule has 1 atom stereocenters. The second-order valence-corrected chi connectivity index (χ2v) is 5.82. The molecule has 0 aliphatic carbocycles. The molecule has 0 spiro atoms. The number of sulfonamides is 1. The molecule has 1 heterocycles. The summed E-state index contributed by atoms with van der Waals surface area (Å²) in [5, 5.41) is 2.99. The van der Waals surface area contributed by atoms with E-state index in [9.17, 15) is 8.42 Å². The Morgan fingerprint density at radius 1 is 1.47 bits per heavy atom. The third-order valence-electron chi connectivity index (χ3n) is 2.22. The summed E-state index contributed by atoms with van der Waals surface area (Å²) in [5.41, 5.74) is 0. The Bertz CT molecular complexity index is 402. The Kier molecular flexibility index (Phi) is 5.60. The first kappa shape index (κ1) is 14.1. The van der Waals surface area contributed by atoms with Gasteiger partial charge in [0.05, 0.1) is 12.1 Å². The molecule has 0 amide bonds. The molecule has 7 heteroatoms. The maximum atomic E-state index is 11.7. The molecule has 1 aromatic heterocycles. The van der Waals surface area contributed by atoms with Crippen molar-refractivity contribution in [2.45, 2.75) is 26.4 Å². The van der Waals surface area contributed by atoms with Crippen LogP contribution in [0.15, 0.2) is 18.7 Å². The van der Waals surface area contributed by atoms with Crippen LogP contribution in [0, 0.1) is 0 Å². The Hall–Kier alpha value is -0.920. The van der Waals surface area contributed by atoms with E-state index in [2.05, 4.69) is 15.0 Å². The quantitative estimate of drug-likeness (QED) is 0.635. The van der Waals surface area contributed by atoms with Crippen molar-refractivity contribution in [3.05, 3.63) is 18.7 Å². The van der Waals surface area contributed by atoms with Crippen LogP contribution in [0.5, 0.6) is 0 Å². The normalized spacial score (nSPS) is 13.8. The van der Waals surface area contributed by atoms with E-state index in [-0.39, 0.29) is 11.8 Å². The van der Waals surface area contributed by atoms with E-state index in [4.69, 9.17) is 0 Å². The van der Waals surface area contributed by atoms with Crippen molar-refractivity contribution in [1.82, 2.24) is 19.6 Å². The molecule has 1 aromatic rings. The second-order valence-electron chi connectivity index (χ2n) is 3.95. The van der Waals surface area contributed by atoms with Crippen LogP contribution in [-0.4, -0.2) is 42.9 Å². The van der Waals surface area contributed by atoms with Gasteiger partial charge < -0.3 is 9.88 Å². The van der Waals surface area contributed by atoms with Crippen LogP contribution >= 0.6 is 0 Å². The van der Waals surface area contributed by atoms with Crippen molar-refractivity contribution < 1.29 is 8.42 Å². The molecule has 0 aliphatic rings. The van der Waals surface area contributed by atoms with Gasteiger partial charge >= 0.3 is 0 Å². The second kappa shape index (κ2) is 6.73. The molecule has 2 N–H and O–H groups in total. The summed E-state index contributed by atoms with van der Waals surface area (Å²) in [6.45, 7) is 5.62. The van der Waals surface area contributed by atoms with Crippen LogP contribution in [0.4, 0.5) is 0 Å². The molecule has 1 rings (SSSR count). The van der Waals surface area contributed by atoms with E-state index < -0.39 is 10.0 Å². The molecular weight excluding hydrogens is 240 g/mol. The van der Waals surface area contributed by atoms with E-state index in [1.807, 2.05) is 24.6 Å². The van der Waals surface area contributed by atoms with Crippen molar-refractivity contribution in [3.8, 4) is 0 Å². The van der Waals surface area contributed by atoms with Gasteiger partial charge in [0.15, 0.2) is 0 Å². The van der Waals surface area contributed by atoms with Gasteiger partial charge in [-0.2, -0.15) is 0 Å². The van der Waals surface area contributed by atoms with Gasteiger partial charge in [-0.05, 0) is 13.5 Å². The van der Waals surface area contributed by atoms with Crippen molar-refractivity contribution in [3.63, 3.8) is 0 Å². The largest absolute Gasteiger partial charge is 0.336 e. The predicted molar refractivity (Wildman–Crippen MR) is 67.2 cm³/mol. The summed E-state index contributed by atoms with van der Waals surface area (Å²) in [6, 6.07) is -0.143. The molecule has 17 heavy (non-hydrogen) atoms. The summed E-state index contributed by atoms with van der Waals surface area (Å²) in [7, 11) is -3.20. The van der Waals surface area contributed by atoms with Crippen LogP contribution in [0.3, 0.4) is 0 Å². The fourth-order valence-corrected chi connectivity index (χ4v) is 2.72. The Labute approximate surface area is 102 Å². The van der Waals surface area contributed by atoms with E-state index >= 15 is 0 Å².